The minimum absolute atomic E-state index is 0.0139. The molecule has 19 heavy (non-hydrogen) atoms. The van der Waals surface area contributed by atoms with Crippen LogP contribution in [-0.2, 0) is 6.54 Å². The number of carbonyl (C=O) groups excluding carboxylic acids is 1. The summed E-state index contributed by atoms with van der Waals surface area (Å²) in [4.78, 5) is 12.0. The normalized spacial score (nSPS) is 11.1. The van der Waals surface area contributed by atoms with Gasteiger partial charge in [-0.3, -0.25) is 9.48 Å². The second-order valence-corrected chi connectivity index (χ2v) is 5.48. The van der Waals surface area contributed by atoms with Crippen molar-refractivity contribution in [1.82, 2.24) is 9.78 Å². The molecular weight excluding hydrogens is 351 g/mol. The van der Waals surface area contributed by atoms with Crippen molar-refractivity contribution in [2.45, 2.75) is 20.4 Å². The van der Waals surface area contributed by atoms with E-state index in [4.69, 9.17) is 0 Å². The lowest BCUT2D eigenvalue weighted by Crippen LogP contribution is -1.93. The highest BCUT2D eigenvalue weighted by Gasteiger charge is 2.03. The van der Waals surface area contributed by atoms with Crippen molar-refractivity contribution in [2.24, 2.45) is 0 Å². The Kier molecular flexibility index (Phi) is 4.52. The Morgan fingerprint density at radius 2 is 2.05 bits per heavy atom. The van der Waals surface area contributed by atoms with Gasteiger partial charge in [0, 0.05) is 27.4 Å². The van der Waals surface area contributed by atoms with Crippen LogP contribution >= 0.6 is 22.6 Å². The lowest BCUT2D eigenvalue weighted by molar-refractivity contribution is 0.104. The molecule has 0 atom stereocenters. The molecule has 0 aliphatic carbocycles. The second kappa shape index (κ2) is 6.14. The first-order valence-corrected chi connectivity index (χ1v) is 7.20. The first-order chi connectivity index (χ1) is 9.10. The number of nitrogens with zero attached hydrogens (tertiary/aromatic N) is 2. The van der Waals surface area contributed by atoms with Crippen molar-refractivity contribution >= 4 is 34.5 Å². The standard InChI is InChI=1S/C15H15IN2O/c1-3-18-10-13(11(2)17-18)6-9-15(19)12-4-7-14(16)8-5-12/h4-10H,3H2,1-2H3. The number of hydrogen-bond acceptors (Lipinski definition) is 2. The van der Waals surface area contributed by atoms with Crippen LogP contribution in [0.4, 0.5) is 0 Å². The molecular formula is C15H15IN2O. The molecule has 1 aromatic heterocycles. The number of hydrogen-bond donors (Lipinski definition) is 0. The van der Waals surface area contributed by atoms with E-state index in [-0.39, 0.29) is 5.78 Å². The maximum atomic E-state index is 12.0. The Balaban J connectivity index is 2.15. The molecule has 1 heterocycles. The van der Waals surface area contributed by atoms with Gasteiger partial charge < -0.3 is 0 Å². The molecule has 0 amide bonds. The number of rotatable bonds is 4. The van der Waals surface area contributed by atoms with E-state index in [2.05, 4.69) is 27.7 Å². The summed E-state index contributed by atoms with van der Waals surface area (Å²) in [5.41, 5.74) is 2.63. The molecule has 0 aliphatic heterocycles. The third-order valence-corrected chi connectivity index (χ3v) is 3.57. The van der Waals surface area contributed by atoms with Gasteiger partial charge in [-0.2, -0.15) is 5.10 Å². The van der Waals surface area contributed by atoms with Gasteiger partial charge in [0.05, 0.1) is 5.69 Å². The quantitative estimate of drug-likeness (QED) is 0.470. The van der Waals surface area contributed by atoms with E-state index in [1.54, 1.807) is 6.08 Å². The predicted molar refractivity (Wildman–Crippen MR) is 85.2 cm³/mol. The summed E-state index contributed by atoms with van der Waals surface area (Å²) in [5, 5.41) is 4.34. The summed E-state index contributed by atoms with van der Waals surface area (Å²) in [6, 6.07) is 7.55. The Labute approximate surface area is 126 Å². The van der Waals surface area contributed by atoms with Crippen molar-refractivity contribution in [3.05, 3.63) is 56.9 Å². The van der Waals surface area contributed by atoms with Gasteiger partial charge in [0.25, 0.3) is 0 Å². The van der Waals surface area contributed by atoms with Crippen LogP contribution in [0.15, 0.2) is 36.5 Å². The van der Waals surface area contributed by atoms with Gasteiger partial charge in [0.1, 0.15) is 0 Å². The molecule has 0 N–H and O–H groups in total. The van der Waals surface area contributed by atoms with Crippen LogP contribution in [0.3, 0.4) is 0 Å². The van der Waals surface area contributed by atoms with Crippen molar-refractivity contribution in [1.29, 1.82) is 0 Å². The van der Waals surface area contributed by atoms with Gasteiger partial charge >= 0.3 is 0 Å². The van der Waals surface area contributed by atoms with E-state index in [0.29, 0.717) is 5.56 Å². The highest BCUT2D eigenvalue weighted by molar-refractivity contribution is 14.1. The number of carbonyl (C=O) groups is 1. The second-order valence-electron chi connectivity index (χ2n) is 4.23. The maximum absolute atomic E-state index is 12.0. The molecule has 0 saturated heterocycles. The first kappa shape index (κ1) is 14.0. The molecule has 3 nitrogen and oxygen atoms in total. The van der Waals surface area contributed by atoms with Crippen molar-refractivity contribution in [3.63, 3.8) is 0 Å². The van der Waals surface area contributed by atoms with Crippen LogP contribution in [0.1, 0.15) is 28.5 Å². The zero-order chi connectivity index (χ0) is 13.8. The number of aryl methyl sites for hydroxylation is 2. The summed E-state index contributed by atoms with van der Waals surface area (Å²) < 4.78 is 2.99. The summed E-state index contributed by atoms with van der Waals surface area (Å²) >= 11 is 2.22. The smallest absolute Gasteiger partial charge is 0.185 e. The highest BCUT2D eigenvalue weighted by atomic mass is 127. The minimum atomic E-state index is 0.0139. The summed E-state index contributed by atoms with van der Waals surface area (Å²) in [7, 11) is 0. The molecule has 0 fully saturated rings. The van der Waals surface area contributed by atoms with E-state index >= 15 is 0 Å². The van der Waals surface area contributed by atoms with Crippen LogP contribution in [0.25, 0.3) is 6.08 Å². The lowest BCUT2D eigenvalue weighted by atomic mass is 10.1. The van der Waals surface area contributed by atoms with Gasteiger partial charge in [-0.05, 0) is 60.7 Å². The van der Waals surface area contributed by atoms with Crippen molar-refractivity contribution < 1.29 is 4.79 Å². The average molecular weight is 366 g/mol. The van der Waals surface area contributed by atoms with Crippen LogP contribution in [-0.4, -0.2) is 15.6 Å². The molecule has 1 aromatic carbocycles. The van der Waals surface area contributed by atoms with E-state index in [1.165, 1.54) is 0 Å². The zero-order valence-electron chi connectivity index (χ0n) is 10.9. The lowest BCUT2D eigenvalue weighted by Gasteiger charge is -1.95. The van der Waals surface area contributed by atoms with Crippen LogP contribution in [0, 0.1) is 10.5 Å². The Bertz CT molecular complexity index is 612. The highest BCUT2D eigenvalue weighted by Crippen LogP contribution is 2.11. The third-order valence-electron chi connectivity index (χ3n) is 2.85. The van der Waals surface area contributed by atoms with Gasteiger partial charge in [-0.15, -0.1) is 0 Å². The van der Waals surface area contributed by atoms with Gasteiger partial charge in [-0.1, -0.05) is 12.1 Å². The van der Waals surface area contributed by atoms with E-state index < -0.39 is 0 Å². The Morgan fingerprint density at radius 3 is 2.63 bits per heavy atom. The molecule has 4 heteroatoms. The Morgan fingerprint density at radius 1 is 1.37 bits per heavy atom. The fraction of sp³-hybridized carbons (Fsp3) is 0.200. The fourth-order valence-corrected chi connectivity index (χ4v) is 2.09. The van der Waals surface area contributed by atoms with Crippen LogP contribution < -0.4 is 0 Å². The van der Waals surface area contributed by atoms with E-state index in [1.807, 2.05) is 55.1 Å². The largest absolute Gasteiger partial charge is 0.289 e. The third kappa shape index (κ3) is 3.53. The average Bonchev–Trinajstić information content (AvgIpc) is 2.77. The summed E-state index contributed by atoms with van der Waals surface area (Å²) in [5.74, 6) is 0.0139. The molecule has 0 saturated carbocycles. The zero-order valence-corrected chi connectivity index (χ0v) is 13.1. The molecule has 2 aromatic rings. The number of aromatic nitrogens is 2. The van der Waals surface area contributed by atoms with Crippen molar-refractivity contribution in [2.75, 3.05) is 0 Å². The maximum Gasteiger partial charge on any atom is 0.185 e. The molecule has 0 unspecified atom stereocenters. The van der Waals surface area contributed by atoms with Crippen LogP contribution in [0.2, 0.25) is 0 Å². The van der Waals surface area contributed by atoms with Crippen LogP contribution in [0.5, 0.6) is 0 Å². The monoisotopic (exact) mass is 366 g/mol. The number of ketones is 1. The molecule has 98 valence electrons. The molecule has 0 bridgehead atoms. The minimum Gasteiger partial charge on any atom is -0.289 e. The predicted octanol–water partition coefficient (Wildman–Crippen LogP) is 3.71. The van der Waals surface area contributed by atoms with Crippen molar-refractivity contribution in [3.8, 4) is 0 Å². The van der Waals surface area contributed by atoms with Gasteiger partial charge in [-0.25, -0.2) is 0 Å². The molecule has 0 radical (unpaired) electrons. The molecule has 2 rings (SSSR count). The molecule has 0 spiro atoms. The fourth-order valence-electron chi connectivity index (χ4n) is 1.73. The van der Waals surface area contributed by atoms with Gasteiger partial charge in [0.2, 0.25) is 0 Å². The van der Waals surface area contributed by atoms with Gasteiger partial charge in [0.15, 0.2) is 5.78 Å². The summed E-state index contributed by atoms with van der Waals surface area (Å²) in [6.45, 7) is 4.82. The Hall–Kier alpha value is -1.43. The van der Waals surface area contributed by atoms with E-state index in [9.17, 15) is 4.79 Å². The summed E-state index contributed by atoms with van der Waals surface area (Å²) in [6.07, 6.45) is 5.38. The topological polar surface area (TPSA) is 34.9 Å². The molecule has 0 aliphatic rings. The van der Waals surface area contributed by atoms with E-state index in [0.717, 1.165) is 21.4 Å². The number of allylic oxidation sites excluding steroid dienone is 1. The number of benzene rings is 1. The number of halogens is 1. The first-order valence-electron chi connectivity index (χ1n) is 6.12. The SMILES string of the molecule is CCn1cc(C=CC(=O)c2ccc(I)cc2)c(C)n1.